The summed E-state index contributed by atoms with van der Waals surface area (Å²) in [6, 6.07) is 9.76. The molecule has 3 atom stereocenters. The van der Waals surface area contributed by atoms with Crippen molar-refractivity contribution in [3.8, 4) is 11.8 Å². The topological polar surface area (TPSA) is 62.1 Å². The maximum atomic E-state index is 11.3. The predicted octanol–water partition coefficient (Wildman–Crippen LogP) is 3.74. The normalized spacial score (nSPS) is 24.9. The van der Waals surface area contributed by atoms with E-state index >= 15 is 0 Å². The highest BCUT2D eigenvalue weighted by Crippen LogP contribution is 2.35. The lowest BCUT2D eigenvalue weighted by molar-refractivity contribution is -0.114. The van der Waals surface area contributed by atoms with Crippen LogP contribution in [0.2, 0.25) is 0 Å². The van der Waals surface area contributed by atoms with Gasteiger partial charge in [-0.2, -0.15) is 5.26 Å². The van der Waals surface area contributed by atoms with Gasteiger partial charge in [0.15, 0.2) is 0 Å². The Bertz CT molecular complexity index is 536. The molecule has 1 saturated carbocycles. The SMILES string of the molecule is CCC1CCC(C#N)C(Oc2ccccc2NC(C)=O)C1. The summed E-state index contributed by atoms with van der Waals surface area (Å²) in [6.07, 6.45) is 3.92. The quantitative estimate of drug-likeness (QED) is 0.917. The van der Waals surface area contributed by atoms with Crippen LogP contribution >= 0.6 is 0 Å². The van der Waals surface area contributed by atoms with Crippen LogP contribution in [-0.4, -0.2) is 12.0 Å². The first-order valence-corrected chi connectivity index (χ1v) is 7.57. The van der Waals surface area contributed by atoms with E-state index in [0.29, 0.717) is 17.4 Å². The number of carbonyl (C=O) groups is 1. The molecular formula is C17H22N2O2. The number of rotatable bonds is 4. The van der Waals surface area contributed by atoms with Crippen LogP contribution in [0.4, 0.5) is 5.69 Å². The van der Waals surface area contributed by atoms with E-state index in [1.165, 1.54) is 6.92 Å². The molecule has 1 N–H and O–H groups in total. The van der Waals surface area contributed by atoms with Crippen molar-refractivity contribution in [1.29, 1.82) is 5.26 Å². The number of hydrogen-bond donors (Lipinski definition) is 1. The van der Waals surface area contributed by atoms with Crippen molar-refractivity contribution in [2.75, 3.05) is 5.32 Å². The standard InChI is InChI=1S/C17H22N2O2/c1-3-13-8-9-14(11-18)17(10-13)21-16-7-5-4-6-15(16)19-12(2)20/h4-7,13-14,17H,3,8-10H2,1-2H3,(H,19,20). The Morgan fingerprint density at radius 2 is 2.19 bits per heavy atom. The third kappa shape index (κ3) is 3.98. The van der Waals surface area contributed by atoms with Gasteiger partial charge in [-0.05, 0) is 37.3 Å². The molecule has 1 amide bonds. The summed E-state index contributed by atoms with van der Waals surface area (Å²) in [5, 5.41) is 12.1. The molecule has 4 nitrogen and oxygen atoms in total. The second kappa shape index (κ2) is 7.12. The van der Waals surface area contributed by atoms with Gasteiger partial charge in [0.1, 0.15) is 11.9 Å². The monoisotopic (exact) mass is 286 g/mol. The number of hydrogen-bond acceptors (Lipinski definition) is 3. The van der Waals surface area contributed by atoms with Gasteiger partial charge in [-0.1, -0.05) is 25.5 Å². The molecule has 3 unspecified atom stereocenters. The number of nitrogens with one attached hydrogen (secondary N) is 1. The van der Waals surface area contributed by atoms with E-state index in [2.05, 4.69) is 18.3 Å². The van der Waals surface area contributed by atoms with E-state index in [1.807, 2.05) is 24.3 Å². The van der Waals surface area contributed by atoms with E-state index in [4.69, 9.17) is 4.74 Å². The predicted molar refractivity (Wildman–Crippen MR) is 81.9 cm³/mol. The largest absolute Gasteiger partial charge is 0.487 e. The van der Waals surface area contributed by atoms with Gasteiger partial charge >= 0.3 is 0 Å². The molecule has 0 heterocycles. The average molecular weight is 286 g/mol. The minimum absolute atomic E-state index is 0.0711. The zero-order chi connectivity index (χ0) is 15.2. The molecule has 1 aliphatic rings. The number of benzene rings is 1. The lowest BCUT2D eigenvalue weighted by atomic mass is 9.79. The maximum Gasteiger partial charge on any atom is 0.221 e. The lowest BCUT2D eigenvalue weighted by Crippen LogP contribution is -2.33. The molecule has 0 aliphatic heterocycles. The third-order valence-corrected chi connectivity index (χ3v) is 4.12. The number of nitrogens with zero attached hydrogens (tertiary/aromatic N) is 1. The fourth-order valence-corrected chi connectivity index (χ4v) is 2.89. The average Bonchev–Trinajstić information content (AvgIpc) is 2.48. The van der Waals surface area contributed by atoms with E-state index in [0.717, 1.165) is 25.7 Å². The molecule has 0 bridgehead atoms. The van der Waals surface area contributed by atoms with Crippen LogP contribution in [0, 0.1) is 23.2 Å². The Kier molecular flexibility index (Phi) is 5.21. The molecule has 4 heteroatoms. The molecule has 1 aliphatic carbocycles. The number of ether oxygens (including phenoxy) is 1. The number of amides is 1. The van der Waals surface area contributed by atoms with E-state index in [-0.39, 0.29) is 17.9 Å². The van der Waals surface area contributed by atoms with Crippen molar-refractivity contribution in [2.24, 2.45) is 11.8 Å². The molecule has 0 radical (unpaired) electrons. The minimum atomic E-state index is -0.127. The highest BCUT2D eigenvalue weighted by molar-refractivity contribution is 5.90. The molecule has 21 heavy (non-hydrogen) atoms. The fourth-order valence-electron chi connectivity index (χ4n) is 2.89. The van der Waals surface area contributed by atoms with Crippen LogP contribution < -0.4 is 10.1 Å². The first-order chi connectivity index (χ1) is 10.1. The van der Waals surface area contributed by atoms with Crippen LogP contribution in [0.3, 0.4) is 0 Å². The zero-order valence-corrected chi connectivity index (χ0v) is 12.6. The van der Waals surface area contributed by atoms with Gasteiger partial charge in [0.25, 0.3) is 0 Å². The number of nitriles is 1. The van der Waals surface area contributed by atoms with Crippen molar-refractivity contribution in [3.05, 3.63) is 24.3 Å². The zero-order valence-electron chi connectivity index (χ0n) is 12.6. The smallest absolute Gasteiger partial charge is 0.221 e. The molecule has 1 aromatic rings. The van der Waals surface area contributed by atoms with Gasteiger partial charge in [-0.25, -0.2) is 0 Å². The van der Waals surface area contributed by atoms with Crippen molar-refractivity contribution in [1.82, 2.24) is 0 Å². The van der Waals surface area contributed by atoms with Crippen molar-refractivity contribution >= 4 is 11.6 Å². The van der Waals surface area contributed by atoms with Gasteiger partial charge in [0.05, 0.1) is 17.7 Å². The van der Waals surface area contributed by atoms with Crippen LogP contribution in [0.25, 0.3) is 0 Å². The summed E-state index contributed by atoms with van der Waals surface area (Å²) < 4.78 is 6.09. The highest BCUT2D eigenvalue weighted by atomic mass is 16.5. The fraction of sp³-hybridized carbons (Fsp3) is 0.529. The van der Waals surface area contributed by atoms with Crippen LogP contribution in [0.15, 0.2) is 24.3 Å². The third-order valence-electron chi connectivity index (χ3n) is 4.12. The van der Waals surface area contributed by atoms with Gasteiger partial charge in [-0.15, -0.1) is 0 Å². The summed E-state index contributed by atoms with van der Waals surface area (Å²) >= 11 is 0. The Morgan fingerprint density at radius 3 is 2.86 bits per heavy atom. The van der Waals surface area contributed by atoms with Crippen molar-refractivity contribution in [2.45, 2.75) is 45.6 Å². The van der Waals surface area contributed by atoms with E-state index in [9.17, 15) is 10.1 Å². The summed E-state index contributed by atoms with van der Waals surface area (Å²) in [5.74, 6) is 1.07. The molecule has 112 valence electrons. The second-order valence-electron chi connectivity index (χ2n) is 5.66. The molecule has 2 rings (SSSR count). The van der Waals surface area contributed by atoms with E-state index in [1.54, 1.807) is 0 Å². The summed E-state index contributed by atoms with van der Waals surface area (Å²) in [6.45, 7) is 3.66. The number of anilines is 1. The molecule has 0 aromatic heterocycles. The second-order valence-corrected chi connectivity index (χ2v) is 5.66. The number of carbonyl (C=O) groups excluding carboxylic acids is 1. The van der Waals surface area contributed by atoms with Gasteiger partial charge in [0, 0.05) is 6.92 Å². The molecule has 1 aromatic carbocycles. The molecule has 0 spiro atoms. The Balaban J connectivity index is 2.15. The van der Waals surface area contributed by atoms with Gasteiger partial charge in [0.2, 0.25) is 5.91 Å². The first kappa shape index (κ1) is 15.4. The van der Waals surface area contributed by atoms with Gasteiger partial charge < -0.3 is 10.1 Å². The molecular weight excluding hydrogens is 264 g/mol. The van der Waals surface area contributed by atoms with Crippen LogP contribution in [0.5, 0.6) is 5.75 Å². The lowest BCUT2D eigenvalue weighted by Gasteiger charge is -2.33. The molecule has 1 fully saturated rings. The van der Waals surface area contributed by atoms with Crippen molar-refractivity contribution in [3.63, 3.8) is 0 Å². The van der Waals surface area contributed by atoms with Crippen molar-refractivity contribution < 1.29 is 9.53 Å². The minimum Gasteiger partial charge on any atom is -0.487 e. The maximum absolute atomic E-state index is 11.3. The summed E-state index contributed by atoms with van der Waals surface area (Å²) in [4.78, 5) is 11.3. The van der Waals surface area contributed by atoms with E-state index < -0.39 is 0 Å². The first-order valence-electron chi connectivity index (χ1n) is 7.57. The Hall–Kier alpha value is -2.02. The number of para-hydroxylation sites is 2. The van der Waals surface area contributed by atoms with Crippen LogP contribution in [-0.2, 0) is 4.79 Å². The van der Waals surface area contributed by atoms with Crippen LogP contribution in [0.1, 0.15) is 39.5 Å². The Labute approximate surface area is 126 Å². The summed E-state index contributed by atoms with van der Waals surface area (Å²) in [7, 11) is 0. The summed E-state index contributed by atoms with van der Waals surface area (Å²) in [5.41, 5.74) is 0.667. The van der Waals surface area contributed by atoms with Gasteiger partial charge in [-0.3, -0.25) is 4.79 Å². The Morgan fingerprint density at radius 1 is 1.43 bits per heavy atom. The highest BCUT2D eigenvalue weighted by Gasteiger charge is 2.31. The molecule has 0 saturated heterocycles.